The standard InChI is InChI=1S/C11H18S.C2H6/c1-5-8-9-12-11(7-3)10(4)6-2;1-2/h6-7H,2-3,5,8-9H2,1,4H3;1-2H3/b11-10+;. The summed E-state index contributed by atoms with van der Waals surface area (Å²) < 4.78 is 0. The van der Waals surface area contributed by atoms with Crippen molar-refractivity contribution >= 4 is 11.8 Å². The van der Waals surface area contributed by atoms with Crippen molar-refractivity contribution in [2.45, 2.75) is 40.5 Å². The molecule has 0 aromatic rings. The summed E-state index contributed by atoms with van der Waals surface area (Å²) in [7, 11) is 0. The second-order valence-electron chi connectivity index (χ2n) is 2.66. The van der Waals surface area contributed by atoms with Gasteiger partial charge < -0.3 is 0 Å². The van der Waals surface area contributed by atoms with Crippen LogP contribution in [0.4, 0.5) is 0 Å². The molecule has 1 heteroatoms. The molecule has 0 atom stereocenters. The zero-order chi connectivity index (χ0) is 11.4. The fourth-order valence-corrected chi connectivity index (χ4v) is 1.84. The number of hydrogen-bond acceptors (Lipinski definition) is 1. The molecule has 0 N–H and O–H groups in total. The molecule has 0 aromatic carbocycles. The number of allylic oxidation sites excluding steroid dienone is 3. The van der Waals surface area contributed by atoms with E-state index in [2.05, 4.69) is 27.0 Å². The van der Waals surface area contributed by atoms with E-state index in [0.717, 1.165) is 0 Å². The smallest absolute Gasteiger partial charge is 0.00950 e. The summed E-state index contributed by atoms with van der Waals surface area (Å²) in [6, 6.07) is 0. The van der Waals surface area contributed by atoms with E-state index in [9.17, 15) is 0 Å². The SMILES string of the molecule is C=C/C(C)=C(\C=C)SCCCC.CC. The van der Waals surface area contributed by atoms with Crippen molar-refractivity contribution in [3.05, 3.63) is 35.8 Å². The van der Waals surface area contributed by atoms with E-state index in [4.69, 9.17) is 0 Å². The molecule has 0 nitrogen and oxygen atoms in total. The van der Waals surface area contributed by atoms with Gasteiger partial charge in [0.1, 0.15) is 0 Å². The molecular weight excluding hydrogens is 188 g/mol. The van der Waals surface area contributed by atoms with Crippen molar-refractivity contribution < 1.29 is 0 Å². The molecule has 0 saturated heterocycles. The van der Waals surface area contributed by atoms with Crippen LogP contribution in [-0.4, -0.2) is 5.75 Å². The van der Waals surface area contributed by atoms with E-state index in [0.29, 0.717) is 0 Å². The van der Waals surface area contributed by atoms with Gasteiger partial charge in [-0.2, -0.15) is 0 Å². The first-order valence-corrected chi connectivity index (χ1v) is 6.33. The Morgan fingerprint density at radius 2 is 1.79 bits per heavy atom. The van der Waals surface area contributed by atoms with Crippen LogP contribution >= 0.6 is 11.8 Å². The maximum Gasteiger partial charge on any atom is 0.00950 e. The van der Waals surface area contributed by atoms with Crippen LogP contribution in [0.5, 0.6) is 0 Å². The Bertz CT molecular complexity index is 178. The summed E-state index contributed by atoms with van der Waals surface area (Å²) in [5.74, 6) is 1.18. The lowest BCUT2D eigenvalue weighted by atomic mass is 10.3. The summed E-state index contributed by atoms with van der Waals surface area (Å²) in [5, 5.41) is 0. The predicted molar refractivity (Wildman–Crippen MR) is 71.8 cm³/mol. The van der Waals surface area contributed by atoms with E-state index >= 15 is 0 Å². The maximum atomic E-state index is 3.78. The third kappa shape index (κ3) is 8.18. The van der Waals surface area contributed by atoms with Gasteiger partial charge in [-0.15, -0.1) is 11.8 Å². The van der Waals surface area contributed by atoms with Crippen LogP contribution in [0.15, 0.2) is 35.8 Å². The van der Waals surface area contributed by atoms with E-state index in [1.807, 2.05) is 37.8 Å². The first-order chi connectivity index (χ1) is 6.76. The van der Waals surface area contributed by atoms with Crippen LogP contribution < -0.4 is 0 Å². The summed E-state index contributed by atoms with van der Waals surface area (Å²) in [6.07, 6.45) is 6.32. The van der Waals surface area contributed by atoms with Gasteiger partial charge in [-0.3, -0.25) is 0 Å². The minimum absolute atomic E-state index is 1.18. The van der Waals surface area contributed by atoms with Gasteiger partial charge in [0.15, 0.2) is 0 Å². The Labute approximate surface area is 94.2 Å². The normalized spacial score (nSPS) is 10.9. The molecule has 0 aliphatic carbocycles. The number of rotatable bonds is 6. The highest BCUT2D eigenvalue weighted by molar-refractivity contribution is 8.03. The molecule has 14 heavy (non-hydrogen) atoms. The highest BCUT2D eigenvalue weighted by atomic mass is 32.2. The molecule has 0 radical (unpaired) electrons. The molecule has 0 saturated carbocycles. The molecule has 82 valence electrons. The van der Waals surface area contributed by atoms with E-state index < -0.39 is 0 Å². The van der Waals surface area contributed by atoms with Gasteiger partial charge >= 0.3 is 0 Å². The summed E-state index contributed by atoms with van der Waals surface area (Å²) in [5.41, 5.74) is 1.23. The molecule has 0 aliphatic heterocycles. The highest BCUT2D eigenvalue weighted by Gasteiger charge is 1.95. The lowest BCUT2D eigenvalue weighted by Gasteiger charge is -2.03. The lowest BCUT2D eigenvalue weighted by Crippen LogP contribution is -1.81. The molecule has 0 aromatic heterocycles. The maximum absolute atomic E-state index is 3.78. The Morgan fingerprint density at radius 1 is 1.21 bits per heavy atom. The van der Waals surface area contributed by atoms with Crippen LogP contribution in [0.25, 0.3) is 0 Å². The number of unbranched alkanes of at least 4 members (excludes halogenated alkanes) is 1. The van der Waals surface area contributed by atoms with Gasteiger partial charge in [-0.05, 0) is 24.7 Å². The Balaban J connectivity index is 0. The summed E-state index contributed by atoms with van der Waals surface area (Å²) >= 11 is 1.87. The molecular formula is C13H24S. The fraction of sp³-hybridized carbons (Fsp3) is 0.538. The zero-order valence-electron chi connectivity index (χ0n) is 10.1. The molecule has 0 spiro atoms. The van der Waals surface area contributed by atoms with Crippen molar-refractivity contribution in [2.24, 2.45) is 0 Å². The second kappa shape index (κ2) is 12.6. The van der Waals surface area contributed by atoms with Crippen LogP contribution in [0.3, 0.4) is 0 Å². The van der Waals surface area contributed by atoms with Gasteiger partial charge in [0.25, 0.3) is 0 Å². The third-order valence-electron chi connectivity index (χ3n) is 1.64. The molecule has 0 heterocycles. The van der Waals surface area contributed by atoms with Crippen molar-refractivity contribution in [3.8, 4) is 0 Å². The summed E-state index contributed by atoms with van der Waals surface area (Å²) in [6.45, 7) is 15.8. The van der Waals surface area contributed by atoms with Gasteiger partial charge in [-0.1, -0.05) is 52.5 Å². The van der Waals surface area contributed by atoms with E-state index in [1.54, 1.807) is 0 Å². The van der Waals surface area contributed by atoms with E-state index in [-0.39, 0.29) is 0 Å². The average Bonchev–Trinajstić information content (AvgIpc) is 2.26. The minimum atomic E-state index is 1.18. The molecule has 0 rings (SSSR count). The van der Waals surface area contributed by atoms with Crippen LogP contribution in [0.1, 0.15) is 40.5 Å². The van der Waals surface area contributed by atoms with Crippen molar-refractivity contribution in [1.82, 2.24) is 0 Å². The first-order valence-electron chi connectivity index (χ1n) is 5.34. The number of hydrogen-bond donors (Lipinski definition) is 0. The zero-order valence-corrected chi connectivity index (χ0v) is 10.9. The quantitative estimate of drug-likeness (QED) is 0.431. The second-order valence-corrected chi connectivity index (χ2v) is 3.79. The minimum Gasteiger partial charge on any atom is -0.126 e. The van der Waals surface area contributed by atoms with E-state index in [1.165, 1.54) is 29.1 Å². The van der Waals surface area contributed by atoms with Crippen molar-refractivity contribution in [2.75, 3.05) is 5.75 Å². The largest absolute Gasteiger partial charge is 0.126 e. The van der Waals surface area contributed by atoms with Gasteiger partial charge in [-0.25, -0.2) is 0 Å². The van der Waals surface area contributed by atoms with Gasteiger partial charge in [0.2, 0.25) is 0 Å². The fourth-order valence-electron chi connectivity index (χ4n) is 0.761. The molecule has 0 bridgehead atoms. The Hall–Kier alpha value is -0.430. The monoisotopic (exact) mass is 212 g/mol. The van der Waals surface area contributed by atoms with Gasteiger partial charge in [0.05, 0.1) is 0 Å². The molecule has 0 amide bonds. The lowest BCUT2D eigenvalue weighted by molar-refractivity contribution is 0.897. The molecule has 0 aliphatic rings. The highest BCUT2D eigenvalue weighted by Crippen LogP contribution is 2.22. The average molecular weight is 212 g/mol. The Morgan fingerprint density at radius 3 is 2.14 bits per heavy atom. The van der Waals surface area contributed by atoms with Gasteiger partial charge in [0, 0.05) is 4.91 Å². The van der Waals surface area contributed by atoms with Crippen LogP contribution in [0, 0.1) is 0 Å². The van der Waals surface area contributed by atoms with Crippen molar-refractivity contribution in [3.63, 3.8) is 0 Å². The predicted octanol–water partition coefficient (Wildman–Crippen LogP) is 5.19. The Kier molecular flexibility index (Phi) is 14.4. The number of thioether (sulfide) groups is 1. The molecule has 0 fully saturated rings. The summed E-state index contributed by atoms with van der Waals surface area (Å²) in [4.78, 5) is 1.26. The first kappa shape index (κ1) is 16.0. The molecule has 0 unspecified atom stereocenters. The topological polar surface area (TPSA) is 0 Å². The third-order valence-corrected chi connectivity index (χ3v) is 2.93. The van der Waals surface area contributed by atoms with Crippen LogP contribution in [0.2, 0.25) is 0 Å². The van der Waals surface area contributed by atoms with Crippen LogP contribution in [-0.2, 0) is 0 Å². The van der Waals surface area contributed by atoms with Crippen molar-refractivity contribution in [1.29, 1.82) is 0 Å².